The molecule has 4 rings (SSSR count). The lowest BCUT2D eigenvalue weighted by molar-refractivity contribution is -0.137. The minimum atomic E-state index is -4.50. The largest absolute Gasteiger partial charge is 0.416 e. The second-order valence-electron chi connectivity index (χ2n) is 8.10. The van der Waals surface area contributed by atoms with E-state index in [-0.39, 0.29) is 18.1 Å². The van der Waals surface area contributed by atoms with Crippen molar-refractivity contribution in [2.45, 2.75) is 45.5 Å². The van der Waals surface area contributed by atoms with Crippen molar-refractivity contribution in [1.82, 2.24) is 9.97 Å². The molecule has 6 nitrogen and oxygen atoms in total. The molecule has 1 aromatic carbocycles. The highest BCUT2D eigenvalue weighted by Crippen LogP contribution is 2.38. The van der Waals surface area contributed by atoms with E-state index in [1.54, 1.807) is 19.2 Å². The molecule has 1 aliphatic heterocycles. The smallest absolute Gasteiger partial charge is 0.382 e. The van der Waals surface area contributed by atoms with Crippen LogP contribution in [0, 0.1) is 13.8 Å². The Morgan fingerprint density at radius 3 is 2.59 bits per heavy atom. The molecule has 3 aromatic rings. The number of halogens is 3. The molecule has 32 heavy (non-hydrogen) atoms. The maximum atomic E-state index is 13.7. The number of hydrogen-bond acceptors (Lipinski definition) is 5. The van der Waals surface area contributed by atoms with Crippen LogP contribution in [-0.4, -0.2) is 29.2 Å². The van der Waals surface area contributed by atoms with Gasteiger partial charge < -0.3 is 20.4 Å². The Labute approximate surface area is 183 Å². The number of aryl methyl sites for hydroxylation is 2. The number of anilines is 2. The molecule has 0 unspecified atom stereocenters. The van der Waals surface area contributed by atoms with E-state index >= 15 is 0 Å². The maximum absolute atomic E-state index is 13.7. The zero-order chi connectivity index (χ0) is 22.9. The summed E-state index contributed by atoms with van der Waals surface area (Å²) in [6.45, 7) is 4.92. The van der Waals surface area contributed by atoms with Crippen LogP contribution in [0.25, 0.3) is 10.8 Å². The van der Waals surface area contributed by atoms with Gasteiger partial charge in [-0.15, -0.1) is 0 Å². The third-order valence-electron chi connectivity index (χ3n) is 5.71. The predicted octanol–water partition coefficient (Wildman–Crippen LogP) is 4.76. The normalized spacial score (nSPS) is 15.2. The monoisotopic (exact) mass is 446 g/mol. The number of benzene rings is 1. The summed E-state index contributed by atoms with van der Waals surface area (Å²) in [5, 5.41) is 7.32. The van der Waals surface area contributed by atoms with Gasteiger partial charge in [-0.1, -0.05) is 0 Å². The molecule has 0 radical (unpaired) electrons. The van der Waals surface area contributed by atoms with Crippen molar-refractivity contribution in [3.05, 3.63) is 63.2 Å². The molecule has 0 atom stereocenters. The topological polar surface area (TPSA) is 79.0 Å². The van der Waals surface area contributed by atoms with Crippen LogP contribution < -0.4 is 16.2 Å². The number of H-pyrrole nitrogens is 1. The minimum absolute atomic E-state index is 0.0359. The Kier molecular flexibility index (Phi) is 6.10. The standard InChI is InChI=1S/C23H25F3N4O2/c1-13-9-14(2)29-22(31)19(13)12-28-21-18-10-15(23(24,25)26)11-20(17(18)3-6-27-21)30-16-4-7-32-8-5-16/h3,6,9-11,16,30H,4-5,7-8,12H2,1-2H3,(H,27,28)(H,29,31). The third kappa shape index (κ3) is 4.72. The van der Waals surface area contributed by atoms with E-state index in [9.17, 15) is 18.0 Å². The molecule has 0 amide bonds. The van der Waals surface area contributed by atoms with Gasteiger partial charge in [-0.2, -0.15) is 13.2 Å². The summed E-state index contributed by atoms with van der Waals surface area (Å²) in [5.41, 5.74) is 1.50. The number of alkyl halides is 3. The molecule has 1 aliphatic rings. The lowest BCUT2D eigenvalue weighted by Gasteiger charge is -2.25. The molecule has 9 heteroatoms. The van der Waals surface area contributed by atoms with E-state index in [1.165, 1.54) is 0 Å². The zero-order valence-electron chi connectivity index (χ0n) is 17.9. The van der Waals surface area contributed by atoms with Gasteiger partial charge in [0.2, 0.25) is 0 Å². The highest BCUT2D eigenvalue weighted by atomic mass is 19.4. The van der Waals surface area contributed by atoms with Gasteiger partial charge in [0.1, 0.15) is 5.82 Å². The van der Waals surface area contributed by atoms with Crippen LogP contribution in [-0.2, 0) is 17.5 Å². The molecule has 3 N–H and O–H groups in total. The maximum Gasteiger partial charge on any atom is 0.416 e. The number of hydrogen-bond donors (Lipinski definition) is 3. The lowest BCUT2D eigenvalue weighted by atomic mass is 10.0. The molecule has 0 bridgehead atoms. The van der Waals surface area contributed by atoms with Crippen LogP contribution in [0.1, 0.15) is 35.2 Å². The van der Waals surface area contributed by atoms with E-state index in [2.05, 4.69) is 20.6 Å². The molecule has 1 fully saturated rings. The molecule has 3 heterocycles. The van der Waals surface area contributed by atoms with Crippen molar-refractivity contribution in [2.75, 3.05) is 23.8 Å². The highest BCUT2D eigenvalue weighted by molar-refractivity contribution is 6.00. The Morgan fingerprint density at radius 2 is 1.91 bits per heavy atom. The van der Waals surface area contributed by atoms with Crippen LogP contribution >= 0.6 is 0 Å². The second-order valence-corrected chi connectivity index (χ2v) is 8.10. The Bertz CT molecular complexity index is 1180. The van der Waals surface area contributed by atoms with Crippen molar-refractivity contribution in [2.24, 2.45) is 0 Å². The highest BCUT2D eigenvalue weighted by Gasteiger charge is 2.32. The van der Waals surface area contributed by atoms with Gasteiger partial charge in [0.05, 0.1) is 5.56 Å². The Hall–Kier alpha value is -3.07. The summed E-state index contributed by atoms with van der Waals surface area (Å²) in [5.74, 6) is 0.294. The molecule has 0 aliphatic carbocycles. The molecular weight excluding hydrogens is 421 g/mol. The van der Waals surface area contributed by atoms with Crippen molar-refractivity contribution in [1.29, 1.82) is 0 Å². The summed E-state index contributed by atoms with van der Waals surface area (Å²) in [6, 6.07) is 5.84. The second kappa shape index (κ2) is 8.82. The summed E-state index contributed by atoms with van der Waals surface area (Å²) in [6.07, 6.45) is -1.50. The van der Waals surface area contributed by atoms with Crippen LogP contribution in [0.3, 0.4) is 0 Å². The fourth-order valence-corrected chi connectivity index (χ4v) is 4.04. The quantitative estimate of drug-likeness (QED) is 0.527. The first kappa shape index (κ1) is 22.1. The third-order valence-corrected chi connectivity index (χ3v) is 5.71. The van der Waals surface area contributed by atoms with Gasteiger partial charge in [0.25, 0.3) is 5.56 Å². The van der Waals surface area contributed by atoms with E-state index in [4.69, 9.17) is 4.74 Å². The van der Waals surface area contributed by atoms with E-state index in [0.717, 1.165) is 36.2 Å². The van der Waals surface area contributed by atoms with Gasteiger partial charge in [-0.25, -0.2) is 4.98 Å². The van der Waals surface area contributed by atoms with Crippen molar-refractivity contribution < 1.29 is 17.9 Å². The number of aromatic nitrogens is 2. The molecular formula is C23H25F3N4O2. The average Bonchev–Trinajstić information content (AvgIpc) is 2.73. The predicted molar refractivity (Wildman–Crippen MR) is 118 cm³/mol. The van der Waals surface area contributed by atoms with Gasteiger partial charge in [0, 0.05) is 59.7 Å². The number of nitrogens with one attached hydrogen (secondary N) is 3. The van der Waals surface area contributed by atoms with Gasteiger partial charge in [-0.05, 0) is 56.5 Å². The first-order valence-electron chi connectivity index (χ1n) is 10.5. The number of ether oxygens (including phenoxy) is 1. The van der Waals surface area contributed by atoms with Crippen LogP contribution in [0.5, 0.6) is 0 Å². The fraction of sp³-hybridized carbons (Fsp3) is 0.391. The van der Waals surface area contributed by atoms with Crippen LogP contribution in [0.4, 0.5) is 24.7 Å². The van der Waals surface area contributed by atoms with Crippen molar-refractivity contribution >= 4 is 22.3 Å². The number of aromatic amines is 1. The summed E-state index contributed by atoms with van der Waals surface area (Å²) < 4.78 is 46.4. The van der Waals surface area contributed by atoms with Gasteiger partial charge in [0.15, 0.2) is 0 Å². The summed E-state index contributed by atoms with van der Waals surface area (Å²) >= 11 is 0. The number of nitrogens with zero attached hydrogens (tertiary/aromatic N) is 1. The molecule has 1 saturated heterocycles. The van der Waals surface area contributed by atoms with Crippen molar-refractivity contribution in [3.63, 3.8) is 0 Å². The summed E-state index contributed by atoms with van der Waals surface area (Å²) in [4.78, 5) is 19.3. The zero-order valence-corrected chi connectivity index (χ0v) is 17.9. The minimum Gasteiger partial charge on any atom is -0.382 e. The Balaban J connectivity index is 1.73. The fourth-order valence-electron chi connectivity index (χ4n) is 4.04. The van der Waals surface area contributed by atoms with Crippen LogP contribution in [0.15, 0.2) is 35.3 Å². The van der Waals surface area contributed by atoms with Crippen molar-refractivity contribution in [3.8, 4) is 0 Å². The van der Waals surface area contributed by atoms with Gasteiger partial charge >= 0.3 is 6.18 Å². The number of fused-ring (bicyclic) bond motifs is 1. The molecule has 170 valence electrons. The van der Waals surface area contributed by atoms with Crippen LogP contribution in [0.2, 0.25) is 0 Å². The lowest BCUT2D eigenvalue weighted by Crippen LogP contribution is -2.28. The van der Waals surface area contributed by atoms with Gasteiger partial charge in [-0.3, -0.25) is 4.79 Å². The van der Waals surface area contributed by atoms with E-state index in [1.807, 2.05) is 13.0 Å². The first-order valence-corrected chi connectivity index (χ1v) is 10.5. The number of pyridine rings is 2. The first-order chi connectivity index (χ1) is 15.2. The number of rotatable bonds is 5. The average molecular weight is 446 g/mol. The Morgan fingerprint density at radius 1 is 1.16 bits per heavy atom. The molecule has 0 saturated carbocycles. The molecule has 0 spiro atoms. The molecule has 2 aromatic heterocycles. The SMILES string of the molecule is Cc1cc(C)c(CNc2nccc3c(NC4CCOCC4)cc(C(F)(F)F)cc23)c(=O)[nH]1. The summed E-state index contributed by atoms with van der Waals surface area (Å²) in [7, 11) is 0. The van der Waals surface area contributed by atoms with E-state index in [0.29, 0.717) is 41.1 Å². The van der Waals surface area contributed by atoms with E-state index < -0.39 is 11.7 Å².